The standard InChI is InChI=1S/C31H26O2/c1-24(2)30(32)33-31(27-19-11-5-12-20-27,28-21-13-6-14-22-28)23-29(25-15-7-3-8-16-25)26-17-9-4-10-18-26/h3-23H,1H2,2H3. The summed E-state index contributed by atoms with van der Waals surface area (Å²) in [5.41, 5.74) is 3.95. The highest BCUT2D eigenvalue weighted by molar-refractivity contribution is 5.88. The third-order valence-corrected chi connectivity index (χ3v) is 5.52. The molecular weight excluding hydrogens is 404 g/mol. The van der Waals surface area contributed by atoms with Gasteiger partial charge in [-0.1, -0.05) is 128 Å². The summed E-state index contributed by atoms with van der Waals surface area (Å²) in [6.45, 7) is 5.50. The lowest BCUT2D eigenvalue weighted by Crippen LogP contribution is -2.32. The minimum Gasteiger partial charge on any atom is -0.442 e. The maximum Gasteiger partial charge on any atom is 0.334 e. The molecule has 4 aromatic carbocycles. The molecule has 4 aromatic rings. The van der Waals surface area contributed by atoms with Crippen molar-refractivity contribution in [2.45, 2.75) is 12.5 Å². The first-order valence-electron chi connectivity index (χ1n) is 10.9. The molecule has 0 spiro atoms. The van der Waals surface area contributed by atoms with E-state index in [-0.39, 0.29) is 0 Å². The first-order valence-corrected chi connectivity index (χ1v) is 10.9. The number of carbonyl (C=O) groups excluding carboxylic acids is 1. The van der Waals surface area contributed by atoms with Crippen LogP contribution < -0.4 is 0 Å². The van der Waals surface area contributed by atoms with Crippen LogP contribution in [0.25, 0.3) is 5.57 Å². The Balaban J connectivity index is 2.07. The Morgan fingerprint density at radius 3 is 1.39 bits per heavy atom. The van der Waals surface area contributed by atoms with Crippen LogP contribution in [0.3, 0.4) is 0 Å². The summed E-state index contributed by atoms with van der Waals surface area (Å²) in [4.78, 5) is 13.0. The lowest BCUT2D eigenvalue weighted by atomic mass is 9.82. The average molecular weight is 431 g/mol. The van der Waals surface area contributed by atoms with Crippen molar-refractivity contribution in [1.29, 1.82) is 0 Å². The summed E-state index contributed by atoms with van der Waals surface area (Å²) >= 11 is 0. The molecule has 0 amide bonds. The van der Waals surface area contributed by atoms with E-state index in [4.69, 9.17) is 4.74 Å². The fourth-order valence-corrected chi connectivity index (χ4v) is 3.86. The van der Waals surface area contributed by atoms with Gasteiger partial charge in [-0.2, -0.15) is 0 Å². The maximum atomic E-state index is 13.0. The van der Waals surface area contributed by atoms with Crippen molar-refractivity contribution in [2.24, 2.45) is 0 Å². The van der Waals surface area contributed by atoms with Gasteiger partial charge in [-0.05, 0) is 29.7 Å². The molecule has 0 atom stereocenters. The SMILES string of the molecule is C=C(C)C(=O)OC(C=C(c1ccccc1)c1ccccc1)(c1ccccc1)c1ccccc1. The molecule has 2 nitrogen and oxygen atoms in total. The minimum atomic E-state index is -1.15. The van der Waals surface area contributed by atoms with Crippen LogP contribution in [0.4, 0.5) is 0 Å². The Morgan fingerprint density at radius 2 is 1.03 bits per heavy atom. The zero-order valence-corrected chi connectivity index (χ0v) is 18.6. The third-order valence-electron chi connectivity index (χ3n) is 5.52. The van der Waals surface area contributed by atoms with Crippen molar-refractivity contribution >= 4 is 11.5 Å². The Kier molecular flexibility index (Phi) is 6.66. The average Bonchev–Trinajstić information content (AvgIpc) is 2.88. The largest absolute Gasteiger partial charge is 0.442 e. The van der Waals surface area contributed by atoms with E-state index in [1.54, 1.807) is 6.92 Å². The Labute approximate surface area is 195 Å². The van der Waals surface area contributed by atoms with Crippen molar-refractivity contribution in [1.82, 2.24) is 0 Å². The van der Waals surface area contributed by atoms with Crippen LogP contribution in [-0.4, -0.2) is 5.97 Å². The molecule has 0 aliphatic carbocycles. The van der Waals surface area contributed by atoms with Crippen molar-refractivity contribution in [3.05, 3.63) is 162 Å². The first-order chi connectivity index (χ1) is 16.1. The van der Waals surface area contributed by atoms with Crippen molar-refractivity contribution in [3.8, 4) is 0 Å². The summed E-state index contributed by atoms with van der Waals surface area (Å²) < 4.78 is 6.33. The Morgan fingerprint density at radius 1 is 0.667 bits per heavy atom. The normalized spacial score (nSPS) is 10.8. The van der Waals surface area contributed by atoms with Crippen LogP contribution >= 0.6 is 0 Å². The number of benzene rings is 4. The van der Waals surface area contributed by atoms with Crippen LogP contribution in [0.1, 0.15) is 29.2 Å². The predicted octanol–water partition coefficient (Wildman–Crippen LogP) is 7.18. The molecule has 0 aliphatic heterocycles. The van der Waals surface area contributed by atoms with Crippen LogP contribution in [0.2, 0.25) is 0 Å². The molecular formula is C31H26O2. The van der Waals surface area contributed by atoms with Crippen LogP contribution in [0.5, 0.6) is 0 Å². The quantitative estimate of drug-likeness (QED) is 0.229. The molecule has 33 heavy (non-hydrogen) atoms. The van der Waals surface area contributed by atoms with E-state index >= 15 is 0 Å². The molecule has 4 rings (SSSR count). The topological polar surface area (TPSA) is 26.3 Å². The number of hydrogen-bond acceptors (Lipinski definition) is 2. The fourth-order valence-electron chi connectivity index (χ4n) is 3.86. The van der Waals surface area contributed by atoms with E-state index in [0.29, 0.717) is 5.57 Å². The molecule has 0 heterocycles. The second kappa shape index (κ2) is 9.97. The van der Waals surface area contributed by atoms with Gasteiger partial charge >= 0.3 is 5.97 Å². The molecule has 0 fully saturated rings. The summed E-state index contributed by atoms with van der Waals surface area (Å²) in [7, 11) is 0. The number of hydrogen-bond donors (Lipinski definition) is 0. The number of rotatable bonds is 7. The van der Waals surface area contributed by atoms with E-state index in [0.717, 1.165) is 27.8 Å². The lowest BCUT2D eigenvalue weighted by molar-refractivity contribution is -0.147. The van der Waals surface area contributed by atoms with Crippen LogP contribution in [-0.2, 0) is 15.1 Å². The molecule has 0 bridgehead atoms. The second-order valence-electron chi connectivity index (χ2n) is 7.93. The van der Waals surface area contributed by atoms with E-state index in [1.165, 1.54) is 0 Å². The van der Waals surface area contributed by atoms with Gasteiger partial charge in [0.1, 0.15) is 0 Å². The number of carbonyl (C=O) groups is 1. The van der Waals surface area contributed by atoms with E-state index in [1.807, 2.05) is 97.1 Å². The maximum absolute atomic E-state index is 13.0. The number of ether oxygens (including phenoxy) is 1. The van der Waals surface area contributed by atoms with Gasteiger partial charge in [-0.15, -0.1) is 0 Å². The molecule has 0 aliphatic rings. The van der Waals surface area contributed by atoms with Crippen molar-refractivity contribution < 1.29 is 9.53 Å². The highest BCUT2D eigenvalue weighted by Gasteiger charge is 2.37. The summed E-state index contributed by atoms with van der Waals surface area (Å²) in [5, 5.41) is 0. The Hall–Kier alpha value is -4.17. The first kappa shape index (κ1) is 22.0. The van der Waals surface area contributed by atoms with Gasteiger partial charge in [0, 0.05) is 16.7 Å². The van der Waals surface area contributed by atoms with Crippen molar-refractivity contribution in [3.63, 3.8) is 0 Å². The summed E-state index contributed by atoms with van der Waals surface area (Å²) in [5.74, 6) is -0.445. The van der Waals surface area contributed by atoms with Crippen LogP contribution in [0, 0.1) is 0 Å². The summed E-state index contributed by atoms with van der Waals surface area (Å²) in [6, 6.07) is 40.0. The van der Waals surface area contributed by atoms with Crippen molar-refractivity contribution in [2.75, 3.05) is 0 Å². The smallest absolute Gasteiger partial charge is 0.334 e. The van der Waals surface area contributed by atoms with E-state index in [2.05, 4.69) is 36.9 Å². The van der Waals surface area contributed by atoms with Gasteiger partial charge in [-0.3, -0.25) is 0 Å². The molecule has 0 saturated carbocycles. The van der Waals surface area contributed by atoms with Gasteiger partial charge in [0.05, 0.1) is 0 Å². The van der Waals surface area contributed by atoms with Gasteiger partial charge < -0.3 is 4.74 Å². The molecule has 0 unspecified atom stereocenters. The zero-order chi connectivity index (χ0) is 23.1. The lowest BCUT2D eigenvalue weighted by Gasteiger charge is -2.33. The monoisotopic (exact) mass is 430 g/mol. The highest BCUT2D eigenvalue weighted by Crippen LogP contribution is 2.40. The van der Waals surface area contributed by atoms with Crippen LogP contribution in [0.15, 0.2) is 140 Å². The third kappa shape index (κ3) is 4.86. The second-order valence-corrected chi connectivity index (χ2v) is 7.93. The highest BCUT2D eigenvalue weighted by atomic mass is 16.6. The molecule has 0 N–H and O–H groups in total. The zero-order valence-electron chi connectivity index (χ0n) is 18.6. The molecule has 0 aromatic heterocycles. The molecule has 162 valence electrons. The fraction of sp³-hybridized carbons (Fsp3) is 0.0645. The van der Waals surface area contributed by atoms with Gasteiger partial charge in [0.25, 0.3) is 0 Å². The molecule has 0 saturated heterocycles. The Bertz CT molecular complexity index is 1160. The van der Waals surface area contributed by atoms with Gasteiger partial charge in [0.2, 0.25) is 0 Å². The minimum absolute atomic E-state index is 0.348. The van der Waals surface area contributed by atoms with E-state index in [9.17, 15) is 4.79 Å². The van der Waals surface area contributed by atoms with E-state index < -0.39 is 11.6 Å². The molecule has 2 heteroatoms. The number of esters is 1. The summed E-state index contributed by atoms with van der Waals surface area (Å²) in [6.07, 6.45) is 2.06. The molecule has 0 radical (unpaired) electrons. The predicted molar refractivity (Wildman–Crippen MR) is 135 cm³/mol. The van der Waals surface area contributed by atoms with Gasteiger partial charge in [-0.25, -0.2) is 4.79 Å². The van der Waals surface area contributed by atoms with Gasteiger partial charge in [0.15, 0.2) is 5.60 Å².